The Kier molecular flexibility index (Phi) is 6.52. The summed E-state index contributed by atoms with van der Waals surface area (Å²) in [6, 6.07) is -0.450. The van der Waals surface area contributed by atoms with Crippen LogP contribution in [0, 0.1) is 0 Å². The van der Waals surface area contributed by atoms with Crippen LogP contribution in [-0.2, 0) is 16.6 Å². The molecule has 19 heavy (non-hydrogen) atoms. The minimum absolute atomic E-state index is 0.285. The van der Waals surface area contributed by atoms with E-state index < -0.39 is 6.04 Å². The third-order valence-corrected chi connectivity index (χ3v) is 3.17. The van der Waals surface area contributed by atoms with E-state index >= 15 is 0 Å². The number of esters is 1. The van der Waals surface area contributed by atoms with Gasteiger partial charge in [-0.25, -0.2) is 4.79 Å². The van der Waals surface area contributed by atoms with Crippen LogP contribution in [0.3, 0.4) is 0 Å². The second-order valence-electron chi connectivity index (χ2n) is 4.38. The normalized spacial score (nSPS) is 12.7. The quantitative estimate of drug-likeness (QED) is 0.698. The van der Waals surface area contributed by atoms with E-state index in [1.807, 2.05) is 13.2 Å². The highest BCUT2D eigenvalue weighted by Gasteiger charge is 2.22. The molecule has 1 atom stereocenters. The second kappa shape index (κ2) is 7.91. The van der Waals surface area contributed by atoms with E-state index in [9.17, 15) is 4.79 Å². The summed E-state index contributed by atoms with van der Waals surface area (Å²) in [7, 11) is 3.23. The van der Waals surface area contributed by atoms with Gasteiger partial charge < -0.3 is 9.64 Å². The summed E-state index contributed by atoms with van der Waals surface area (Å²) in [6.07, 6.45) is 3.51. The second-order valence-corrected chi connectivity index (χ2v) is 4.38. The lowest BCUT2D eigenvalue weighted by Crippen LogP contribution is -2.36. The van der Waals surface area contributed by atoms with Crippen LogP contribution < -0.4 is 5.32 Å². The molecule has 1 rings (SSSR count). The van der Waals surface area contributed by atoms with E-state index in [2.05, 4.69) is 29.2 Å². The Labute approximate surface area is 114 Å². The molecule has 0 aliphatic rings. The van der Waals surface area contributed by atoms with Crippen molar-refractivity contribution in [2.45, 2.75) is 19.9 Å². The van der Waals surface area contributed by atoms with Gasteiger partial charge in [0.1, 0.15) is 6.04 Å². The zero-order valence-corrected chi connectivity index (χ0v) is 12.2. The zero-order chi connectivity index (χ0) is 14.3. The number of methoxy groups -OCH3 is 1. The fourth-order valence-corrected chi connectivity index (χ4v) is 1.95. The van der Waals surface area contributed by atoms with Crippen molar-refractivity contribution >= 4 is 5.97 Å². The topological polar surface area (TPSA) is 59.4 Å². The van der Waals surface area contributed by atoms with E-state index in [0.29, 0.717) is 0 Å². The van der Waals surface area contributed by atoms with Crippen molar-refractivity contribution in [1.82, 2.24) is 20.0 Å². The summed E-state index contributed by atoms with van der Waals surface area (Å²) in [5.74, 6) is -0.285. The number of aryl methyl sites for hydroxylation is 1. The van der Waals surface area contributed by atoms with Gasteiger partial charge in [0.2, 0.25) is 0 Å². The molecule has 0 spiro atoms. The molecule has 0 aliphatic heterocycles. The van der Waals surface area contributed by atoms with Gasteiger partial charge in [-0.3, -0.25) is 10.00 Å². The first-order valence-corrected chi connectivity index (χ1v) is 6.64. The average molecular weight is 268 g/mol. The molecule has 1 heterocycles. The Morgan fingerprint density at radius 3 is 2.68 bits per heavy atom. The molecular weight excluding hydrogens is 244 g/mol. The van der Waals surface area contributed by atoms with Crippen molar-refractivity contribution in [3.8, 4) is 0 Å². The van der Waals surface area contributed by atoms with Crippen molar-refractivity contribution in [3.05, 3.63) is 18.0 Å². The molecule has 0 saturated carbocycles. The summed E-state index contributed by atoms with van der Waals surface area (Å²) < 4.78 is 6.51. The van der Waals surface area contributed by atoms with Gasteiger partial charge in [0.25, 0.3) is 0 Å². The van der Waals surface area contributed by atoms with Crippen molar-refractivity contribution < 1.29 is 9.53 Å². The van der Waals surface area contributed by atoms with Crippen LogP contribution >= 0.6 is 0 Å². The molecule has 0 amide bonds. The largest absolute Gasteiger partial charge is 0.468 e. The molecule has 0 saturated heterocycles. The third kappa shape index (κ3) is 4.65. The molecule has 0 aromatic carbocycles. The SMILES string of the molecule is CCN(CC)CCNC(C(=O)OC)c1cnn(C)c1. The van der Waals surface area contributed by atoms with Crippen LogP contribution in [0.2, 0.25) is 0 Å². The summed E-state index contributed by atoms with van der Waals surface area (Å²) in [5, 5.41) is 7.32. The van der Waals surface area contributed by atoms with Gasteiger partial charge in [0.15, 0.2) is 0 Å². The molecule has 6 nitrogen and oxygen atoms in total. The van der Waals surface area contributed by atoms with E-state index in [4.69, 9.17) is 4.74 Å². The van der Waals surface area contributed by atoms with E-state index in [1.165, 1.54) is 7.11 Å². The number of nitrogens with one attached hydrogen (secondary N) is 1. The fraction of sp³-hybridized carbons (Fsp3) is 0.692. The Hall–Kier alpha value is -1.40. The molecule has 0 radical (unpaired) electrons. The van der Waals surface area contributed by atoms with Gasteiger partial charge in [-0.05, 0) is 13.1 Å². The van der Waals surface area contributed by atoms with Crippen LogP contribution in [0.15, 0.2) is 12.4 Å². The predicted octanol–water partition coefficient (Wildman–Crippen LogP) is 0.566. The van der Waals surface area contributed by atoms with Gasteiger partial charge in [0, 0.05) is 31.9 Å². The summed E-state index contributed by atoms with van der Waals surface area (Å²) in [4.78, 5) is 14.1. The summed E-state index contributed by atoms with van der Waals surface area (Å²) in [5.41, 5.74) is 0.828. The molecule has 1 aromatic rings. The first-order chi connectivity index (χ1) is 9.12. The highest BCUT2D eigenvalue weighted by atomic mass is 16.5. The van der Waals surface area contributed by atoms with Crippen molar-refractivity contribution in [1.29, 1.82) is 0 Å². The predicted molar refractivity (Wildman–Crippen MR) is 73.8 cm³/mol. The number of hydrogen-bond donors (Lipinski definition) is 1. The third-order valence-electron chi connectivity index (χ3n) is 3.17. The molecule has 0 aliphatic carbocycles. The molecule has 1 aromatic heterocycles. The first-order valence-electron chi connectivity index (χ1n) is 6.64. The van der Waals surface area contributed by atoms with E-state index in [0.717, 1.165) is 31.7 Å². The molecule has 0 bridgehead atoms. The molecule has 108 valence electrons. The number of carbonyl (C=O) groups excluding carboxylic acids is 1. The fourth-order valence-electron chi connectivity index (χ4n) is 1.95. The molecule has 6 heteroatoms. The van der Waals surface area contributed by atoms with Gasteiger partial charge in [-0.2, -0.15) is 5.10 Å². The maximum Gasteiger partial charge on any atom is 0.327 e. The zero-order valence-electron chi connectivity index (χ0n) is 12.2. The number of carbonyl (C=O) groups is 1. The number of likely N-dealkylation sites (N-methyl/N-ethyl adjacent to an activating group) is 1. The van der Waals surface area contributed by atoms with Crippen molar-refractivity contribution in [3.63, 3.8) is 0 Å². The Balaban J connectivity index is 2.59. The minimum Gasteiger partial charge on any atom is -0.468 e. The summed E-state index contributed by atoms with van der Waals surface area (Å²) in [6.45, 7) is 7.91. The first kappa shape index (κ1) is 15.7. The Morgan fingerprint density at radius 1 is 1.53 bits per heavy atom. The number of nitrogens with zero attached hydrogens (tertiary/aromatic N) is 3. The molecule has 0 fully saturated rings. The highest BCUT2D eigenvalue weighted by molar-refractivity contribution is 5.77. The molecular formula is C13H24N4O2. The van der Waals surface area contributed by atoms with Gasteiger partial charge >= 0.3 is 5.97 Å². The lowest BCUT2D eigenvalue weighted by molar-refractivity contribution is -0.143. The summed E-state index contributed by atoms with van der Waals surface area (Å²) >= 11 is 0. The van der Waals surface area contributed by atoms with Crippen LogP contribution in [-0.4, -0.2) is 53.9 Å². The monoisotopic (exact) mass is 268 g/mol. The standard InChI is InChI=1S/C13H24N4O2/c1-5-17(6-2)8-7-14-12(13(18)19-4)11-9-15-16(3)10-11/h9-10,12,14H,5-8H2,1-4H3. The number of ether oxygens (including phenoxy) is 1. The van der Waals surface area contributed by atoms with Crippen LogP contribution in [0.4, 0.5) is 0 Å². The highest BCUT2D eigenvalue weighted by Crippen LogP contribution is 2.13. The Morgan fingerprint density at radius 2 is 2.21 bits per heavy atom. The van der Waals surface area contributed by atoms with Crippen LogP contribution in [0.1, 0.15) is 25.5 Å². The van der Waals surface area contributed by atoms with Crippen LogP contribution in [0.25, 0.3) is 0 Å². The minimum atomic E-state index is -0.450. The van der Waals surface area contributed by atoms with Crippen LogP contribution in [0.5, 0.6) is 0 Å². The lowest BCUT2D eigenvalue weighted by Gasteiger charge is -2.20. The maximum absolute atomic E-state index is 11.8. The Bertz CT molecular complexity index is 388. The number of rotatable bonds is 8. The van der Waals surface area contributed by atoms with Gasteiger partial charge in [-0.1, -0.05) is 13.8 Å². The van der Waals surface area contributed by atoms with Crippen molar-refractivity contribution in [2.75, 3.05) is 33.3 Å². The smallest absolute Gasteiger partial charge is 0.327 e. The van der Waals surface area contributed by atoms with E-state index in [1.54, 1.807) is 10.9 Å². The maximum atomic E-state index is 11.8. The lowest BCUT2D eigenvalue weighted by atomic mass is 10.1. The molecule has 1 unspecified atom stereocenters. The number of hydrogen-bond acceptors (Lipinski definition) is 5. The van der Waals surface area contributed by atoms with Gasteiger partial charge in [-0.15, -0.1) is 0 Å². The molecule has 1 N–H and O–H groups in total. The number of aromatic nitrogens is 2. The van der Waals surface area contributed by atoms with Crippen molar-refractivity contribution in [2.24, 2.45) is 7.05 Å². The average Bonchev–Trinajstić information content (AvgIpc) is 2.84. The van der Waals surface area contributed by atoms with Gasteiger partial charge in [0.05, 0.1) is 13.3 Å². The van der Waals surface area contributed by atoms with E-state index in [-0.39, 0.29) is 5.97 Å².